The fraction of sp³-hybridized carbons (Fsp3) is 0.536. The van der Waals surface area contributed by atoms with Crippen LogP contribution in [0, 0.1) is 23.2 Å². The predicted molar refractivity (Wildman–Crippen MR) is 137 cm³/mol. The molecule has 0 amide bonds. The molecular formula is C28H33N3O7. The van der Waals surface area contributed by atoms with Crippen molar-refractivity contribution in [3.8, 4) is 5.69 Å². The fourth-order valence-electron chi connectivity index (χ4n) is 7.37. The first-order chi connectivity index (χ1) is 18.2. The minimum absolute atomic E-state index is 0.0940. The monoisotopic (exact) mass is 523 g/mol. The van der Waals surface area contributed by atoms with E-state index in [9.17, 15) is 24.0 Å². The van der Waals surface area contributed by atoms with Crippen LogP contribution in [0.15, 0.2) is 51.1 Å². The summed E-state index contributed by atoms with van der Waals surface area (Å²) < 4.78 is 14.1. The number of aromatic nitrogens is 3. The average Bonchev–Trinajstić information content (AvgIpc) is 3.26. The first-order valence-electron chi connectivity index (χ1n) is 13.1. The van der Waals surface area contributed by atoms with Gasteiger partial charge in [-0.2, -0.15) is 0 Å². The maximum atomic E-state index is 14.3. The molecule has 1 aliphatic heterocycles. The summed E-state index contributed by atoms with van der Waals surface area (Å²) in [4.78, 5) is 68.3. The molecule has 202 valence electrons. The largest absolute Gasteiger partial charge is 0.469 e. The third-order valence-corrected chi connectivity index (χ3v) is 9.15. The second-order valence-electron chi connectivity index (χ2n) is 10.5. The summed E-state index contributed by atoms with van der Waals surface area (Å²) in [5.41, 5.74) is -0.461. The third kappa shape index (κ3) is 3.28. The molecule has 0 saturated heterocycles. The van der Waals surface area contributed by atoms with Crippen molar-refractivity contribution in [2.75, 3.05) is 14.2 Å². The molecule has 1 aromatic carbocycles. The summed E-state index contributed by atoms with van der Waals surface area (Å²) in [6, 6.07) is 7.12. The quantitative estimate of drug-likeness (QED) is 0.553. The Morgan fingerprint density at radius 2 is 1.53 bits per heavy atom. The van der Waals surface area contributed by atoms with Gasteiger partial charge in [0, 0.05) is 16.9 Å². The molecule has 1 aromatic heterocycles. The number of ketones is 1. The van der Waals surface area contributed by atoms with E-state index in [1.54, 1.807) is 37.3 Å². The Balaban J connectivity index is 1.84. The van der Waals surface area contributed by atoms with E-state index in [1.807, 2.05) is 13.8 Å². The summed E-state index contributed by atoms with van der Waals surface area (Å²) in [6.07, 6.45) is 1.18. The van der Waals surface area contributed by atoms with Crippen molar-refractivity contribution in [1.29, 1.82) is 0 Å². The number of carbonyl (C=O) groups excluding carboxylic acids is 3. The van der Waals surface area contributed by atoms with Crippen LogP contribution in [-0.4, -0.2) is 45.9 Å². The van der Waals surface area contributed by atoms with Gasteiger partial charge < -0.3 is 9.47 Å². The van der Waals surface area contributed by atoms with E-state index in [0.29, 0.717) is 29.7 Å². The van der Waals surface area contributed by atoms with Crippen molar-refractivity contribution < 1.29 is 23.9 Å². The number of Topliss-reactive ketones (excluding diaryl/α,β-unsaturated/α-hetero) is 1. The highest BCUT2D eigenvalue weighted by Crippen LogP contribution is 2.61. The van der Waals surface area contributed by atoms with E-state index in [-0.39, 0.29) is 18.6 Å². The number of rotatable bonds is 5. The van der Waals surface area contributed by atoms with Crippen molar-refractivity contribution >= 4 is 17.7 Å². The molecule has 5 atom stereocenters. The minimum atomic E-state index is -0.910. The third-order valence-electron chi connectivity index (χ3n) is 9.15. The minimum Gasteiger partial charge on any atom is -0.469 e. The molecule has 0 spiro atoms. The topological polar surface area (TPSA) is 119 Å². The number of hydrogen-bond acceptors (Lipinski definition) is 7. The van der Waals surface area contributed by atoms with Gasteiger partial charge in [0.1, 0.15) is 0 Å². The van der Waals surface area contributed by atoms with Gasteiger partial charge in [0.15, 0.2) is 5.78 Å². The maximum Gasteiger partial charge on any atom is 0.352 e. The number of para-hydroxylation sites is 1. The molecule has 1 saturated carbocycles. The molecule has 2 aliphatic carbocycles. The van der Waals surface area contributed by atoms with Gasteiger partial charge in [-0.1, -0.05) is 32.0 Å². The number of ether oxygens (including phenoxy) is 2. The highest BCUT2D eigenvalue weighted by atomic mass is 16.5. The maximum absolute atomic E-state index is 14.3. The Morgan fingerprint density at radius 1 is 0.921 bits per heavy atom. The number of methoxy groups -OCH3 is 2. The zero-order valence-electron chi connectivity index (χ0n) is 22.3. The van der Waals surface area contributed by atoms with Crippen LogP contribution in [0.2, 0.25) is 0 Å². The summed E-state index contributed by atoms with van der Waals surface area (Å²) in [6.45, 7) is 5.59. The van der Waals surface area contributed by atoms with Crippen molar-refractivity contribution in [3.63, 3.8) is 0 Å². The normalized spacial score (nSPS) is 27.4. The van der Waals surface area contributed by atoms with Gasteiger partial charge in [0.05, 0.1) is 43.8 Å². The summed E-state index contributed by atoms with van der Waals surface area (Å²) in [5, 5.41) is 0. The number of nitrogens with zero attached hydrogens (tertiary/aromatic N) is 3. The molecule has 0 unspecified atom stereocenters. The van der Waals surface area contributed by atoms with E-state index >= 15 is 0 Å². The number of benzene rings is 1. The standard InChI is InChI=1S/C28H33N3O7/c1-6-28(7-2)22-18(25(34)38-5)13-16(24(33)37-4)14-19-21(22)20(23(28)32)15(3)30-26(35)29(27(36)31(19)30)17-11-9-8-10-12-17/h8-12,15-16,18-19,22H,6-7,13-14H2,1-5H3/t15-,16-,18+,19+,22+/m0/s1. The molecule has 38 heavy (non-hydrogen) atoms. The number of allylic oxidation sites excluding steroid dienone is 2. The average molecular weight is 524 g/mol. The molecule has 0 radical (unpaired) electrons. The van der Waals surface area contributed by atoms with Gasteiger partial charge in [0.25, 0.3) is 0 Å². The van der Waals surface area contributed by atoms with E-state index < -0.39 is 58.6 Å². The van der Waals surface area contributed by atoms with Gasteiger partial charge in [-0.25, -0.2) is 23.5 Å². The van der Waals surface area contributed by atoms with Gasteiger partial charge in [-0.3, -0.25) is 14.4 Å². The number of carbonyl (C=O) groups is 3. The molecule has 0 bridgehead atoms. The van der Waals surface area contributed by atoms with Gasteiger partial charge in [-0.05, 0) is 50.3 Å². The Hall–Kier alpha value is -3.69. The molecule has 0 N–H and O–H groups in total. The second-order valence-corrected chi connectivity index (χ2v) is 10.5. The lowest BCUT2D eigenvalue weighted by atomic mass is 9.64. The van der Waals surface area contributed by atoms with Crippen molar-refractivity contribution in [2.45, 2.75) is 58.5 Å². The highest BCUT2D eigenvalue weighted by molar-refractivity contribution is 6.05. The van der Waals surface area contributed by atoms with Crippen LogP contribution in [0.25, 0.3) is 5.69 Å². The lowest BCUT2D eigenvalue weighted by Crippen LogP contribution is -2.41. The van der Waals surface area contributed by atoms with Crippen LogP contribution in [0.1, 0.15) is 58.5 Å². The summed E-state index contributed by atoms with van der Waals surface area (Å²) in [7, 11) is 2.59. The van der Waals surface area contributed by atoms with Crippen molar-refractivity contribution in [3.05, 3.63) is 62.4 Å². The van der Waals surface area contributed by atoms with E-state index in [4.69, 9.17) is 9.47 Å². The van der Waals surface area contributed by atoms with Crippen molar-refractivity contribution in [2.24, 2.45) is 23.2 Å². The summed E-state index contributed by atoms with van der Waals surface area (Å²) >= 11 is 0. The lowest BCUT2D eigenvalue weighted by Gasteiger charge is -2.38. The van der Waals surface area contributed by atoms with Crippen LogP contribution in [0.4, 0.5) is 0 Å². The molecule has 3 aliphatic rings. The Bertz CT molecular complexity index is 1460. The first kappa shape index (κ1) is 25.9. The van der Waals surface area contributed by atoms with E-state index in [1.165, 1.54) is 23.6 Å². The summed E-state index contributed by atoms with van der Waals surface area (Å²) in [5.74, 6) is -3.17. The zero-order chi connectivity index (χ0) is 27.5. The molecule has 10 heteroatoms. The Labute approximate surface area is 219 Å². The van der Waals surface area contributed by atoms with Gasteiger partial charge in [-0.15, -0.1) is 0 Å². The molecular weight excluding hydrogens is 490 g/mol. The Morgan fingerprint density at radius 3 is 2.11 bits per heavy atom. The van der Waals surface area contributed by atoms with Crippen LogP contribution < -0.4 is 11.4 Å². The molecule has 1 fully saturated rings. The number of hydrogen-bond donors (Lipinski definition) is 0. The van der Waals surface area contributed by atoms with E-state index in [2.05, 4.69) is 0 Å². The van der Waals surface area contributed by atoms with Crippen LogP contribution in [0.5, 0.6) is 0 Å². The number of fused-ring (bicyclic) bond motifs is 2. The lowest BCUT2D eigenvalue weighted by molar-refractivity contribution is -0.152. The van der Waals surface area contributed by atoms with Crippen molar-refractivity contribution in [1.82, 2.24) is 13.9 Å². The SMILES string of the molecule is CCC1(CC)C(=O)C2=C3[C@@H](C[C@@H](C(=O)OC)C[C@@H](C(=O)OC)[C@H]31)n1c(=O)n(-c3ccccc3)c(=O)n1[C@H]2C. The van der Waals surface area contributed by atoms with Crippen LogP contribution in [-0.2, 0) is 23.9 Å². The molecule has 2 heterocycles. The Kier molecular flexibility index (Phi) is 6.31. The highest BCUT2D eigenvalue weighted by Gasteiger charge is 2.62. The van der Waals surface area contributed by atoms with Crippen LogP contribution >= 0.6 is 0 Å². The zero-order valence-corrected chi connectivity index (χ0v) is 22.3. The van der Waals surface area contributed by atoms with Gasteiger partial charge >= 0.3 is 23.3 Å². The van der Waals surface area contributed by atoms with Crippen LogP contribution in [0.3, 0.4) is 0 Å². The fourth-order valence-corrected chi connectivity index (χ4v) is 7.37. The predicted octanol–water partition coefficient (Wildman–Crippen LogP) is 2.59. The molecule has 5 rings (SSSR count). The second kappa shape index (κ2) is 9.25. The first-order valence-corrected chi connectivity index (χ1v) is 13.1. The number of esters is 2. The molecule has 10 nitrogen and oxygen atoms in total. The van der Waals surface area contributed by atoms with Gasteiger partial charge in [0.2, 0.25) is 0 Å². The smallest absolute Gasteiger partial charge is 0.352 e. The molecule has 2 aromatic rings. The van der Waals surface area contributed by atoms with E-state index in [0.717, 1.165) is 4.57 Å².